The Balaban J connectivity index is 1.89. The Morgan fingerprint density at radius 2 is 1.58 bits per heavy atom. The quantitative estimate of drug-likeness (QED) is 0.270. The van der Waals surface area contributed by atoms with Gasteiger partial charge in [-0.05, 0) is 67.9 Å². The van der Waals surface area contributed by atoms with Crippen molar-refractivity contribution < 1.29 is 28.2 Å². The van der Waals surface area contributed by atoms with E-state index in [1.54, 1.807) is 36.4 Å². The minimum atomic E-state index is -1.15. The van der Waals surface area contributed by atoms with E-state index in [0.717, 1.165) is 35.8 Å². The molecule has 0 aliphatic carbocycles. The lowest BCUT2D eigenvalue weighted by Crippen LogP contribution is -2.29. The van der Waals surface area contributed by atoms with Gasteiger partial charge in [0.05, 0.1) is 18.7 Å². The summed E-state index contributed by atoms with van der Waals surface area (Å²) in [7, 11) is 1.50. The molecule has 36 heavy (non-hydrogen) atoms. The van der Waals surface area contributed by atoms with E-state index >= 15 is 0 Å². The average Bonchev–Trinajstić information content (AvgIpc) is 3.16. The van der Waals surface area contributed by atoms with E-state index in [2.05, 4.69) is 4.90 Å². The molecule has 0 radical (unpaired) electrons. The molecule has 1 heterocycles. The van der Waals surface area contributed by atoms with Crippen molar-refractivity contribution in [2.75, 3.05) is 30.0 Å². The first kappa shape index (κ1) is 24.9. The van der Waals surface area contributed by atoms with Crippen LogP contribution >= 0.6 is 0 Å². The van der Waals surface area contributed by atoms with Crippen molar-refractivity contribution in [3.05, 3.63) is 95.1 Å². The third-order valence-electron chi connectivity index (χ3n) is 6.33. The van der Waals surface area contributed by atoms with Crippen molar-refractivity contribution in [1.29, 1.82) is 0 Å². The minimum absolute atomic E-state index is 0.00241. The Kier molecular flexibility index (Phi) is 7.05. The predicted molar refractivity (Wildman–Crippen MR) is 134 cm³/mol. The summed E-state index contributed by atoms with van der Waals surface area (Å²) >= 11 is 0. The van der Waals surface area contributed by atoms with Gasteiger partial charge in [-0.3, -0.25) is 14.5 Å². The zero-order valence-electron chi connectivity index (χ0n) is 20.2. The fourth-order valence-corrected chi connectivity index (χ4v) is 4.41. The largest absolute Gasteiger partial charge is 0.507 e. The highest BCUT2D eigenvalue weighted by Crippen LogP contribution is 2.42. The third-order valence-corrected chi connectivity index (χ3v) is 6.33. The number of hydrogen-bond donors (Lipinski definition) is 1. The predicted octanol–water partition coefficient (Wildman–Crippen LogP) is 5.45. The number of benzene rings is 3. The van der Waals surface area contributed by atoms with Gasteiger partial charge in [0.2, 0.25) is 0 Å². The Hall–Kier alpha value is -4.20. The normalized spacial score (nSPS) is 16.9. The Bertz CT molecular complexity index is 1320. The molecule has 3 aromatic carbocycles. The second-order valence-electron chi connectivity index (χ2n) is 8.26. The standard InChI is InChI=1S/C28H26F2N2O4/c1-4-31(5-2)19-10-6-17(7-11-19)25-24(26(33)18-8-13-21(36-3)14-9-18)27(34)28(35)32(25)20-12-15-22(29)23(30)16-20/h6-16,25,33H,4-5H2,1-3H3/b26-24+. The van der Waals surface area contributed by atoms with Crippen LogP contribution in [0.2, 0.25) is 0 Å². The molecule has 4 rings (SSSR count). The average molecular weight is 493 g/mol. The molecule has 1 fully saturated rings. The van der Waals surface area contributed by atoms with Crippen molar-refractivity contribution in [1.82, 2.24) is 0 Å². The molecule has 1 atom stereocenters. The van der Waals surface area contributed by atoms with E-state index < -0.39 is 29.4 Å². The first-order valence-electron chi connectivity index (χ1n) is 11.6. The summed E-state index contributed by atoms with van der Waals surface area (Å²) in [5, 5.41) is 11.2. The number of methoxy groups -OCH3 is 1. The Morgan fingerprint density at radius 3 is 2.14 bits per heavy atom. The second kappa shape index (κ2) is 10.2. The fourth-order valence-electron chi connectivity index (χ4n) is 4.41. The second-order valence-corrected chi connectivity index (χ2v) is 8.26. The lowest BCUT2D eigenvalue weighted by atomic mass is 9.94. The number of Topliss-reactive ketones (excluding diaryl/α,β-unsaturated/α-hetero) is 1. The number of ketones is 1. The number of hydrogen-bond acceptors (Lipinski definition) is 5. The maximum atomic E-state index is 14.1. The fraction of sp³-hybridized carbons (Fsp3) is 0.214. The highest BCUT2D eigenvalue weighted by atomic mass is 19.2. The molecule has 1 saturated heterocycles. The summed E-state index contributed by atoms with van der Waals surface area (Å²) in [6.07, 6.45) is 0. The molecule has 1 aliphatic heterocycles. The number of carbonyl (C=O) groups excluding carboxylic acids is 2. The number of carbonyl (C=O) groups is 2. The maximum Gasteiger partial charge on any atom is 0.300 e. The van der Waals surface area contributed by atoms with Crippen molar-refractivity contribution in [2.45, 2.75) is 19.9 Å². The molecule has 1 amide bonds. The summed E-state index contributed by atoms with van der Waals surface area (Å²) in [6.45, 7) is 5.65. The van der Waals surface area contributed by atoms with Gasteiger partial charge in [-0.15, -0.1) is 0 Å². The minimum Gasteiger partial charge on any atom is -0.507 e. The van der Waals surface area contributed by atoms with Gasteiger partial charge in [-0.25, -0.2) is 8.78 Å². The maximum absolute atomic E-state index is 14.1. The molecule has 6 nitrogen and oxygen atoms in total. The number of aliphatic hydroxyl groups excluding tert-OH is 1. The molecule has 1 aliphatic rings. The van der Waals surface area contributed by atoms with E-state index in [1.807, 2.05) is 26.0 Å². The number of aliphatic hydroxyl groups is 1. The van der Waals surface area contributed by atoms with Gasteiger partial charge in [0.25, 0.3) is 11.7 Å². The summed E-state index contributed by atoms with van der Waals surface area (Å²) < 4.78 is 32.9. The van der Waals surface area contributed by atoms with Gasteiger partial charge in [0.15, 0.2) is 11.6 Å². The topological polar surface area (TPSA) is 70.1 Å². The van der Waals surface area contributed by atoms with E-state index in [1.165, 1.54) is 13.2 Å². The number of ether oxygens (including phenoxy) is 1. The SMILES string of the molecule is CCN(CC)c1ccc(C2/C(=C(\O)c3ccc(OC)cc3)C(=O)C(=O)N2c2ccc(F)c(F)c2)cc1. The zero-order valence-corrected chi connectivity index (χ0v) is 20.2. The Morgan fingerprint density at radius 1 is 0.944 bits per heavy atom. The summed E-state index contributed by atoms with van der Waals surface area (Å²) in [5.41, 5.74) is 1.64. The molecular weight excluding hydrogens is 466 g/mol. The van der Waals surface area contributed by atoms with Gasteiger partial charge in [-0.2, -0.15) is 0 Å². The van der Waals surface area contributed by atoms with Crippen molar-refractivity contribution in [3.63, 3.8) is 0 Å². The van der Waals surface area contributed by atoms with Crippen LogP contribution in [-0.4, -0.2) is 37.0 Å². The molecular formula is C28H26F2N2O4. The van der Waals surface area contributed by atoms with Crippen molar-refractivity contribution in [2.24, 2.45) is 0 Å². The van der Waals surface area contributed by atoms with Crippen molar-refractivity contribution >= 4 is 28.8 Å². The summed E-state index contributed by atoms with van der Waals surface area (Å²) in [5.74, 6) is -3.93. The number of anilines is 2. The monoisotopic (exact) mass is 492 g/mol. The highest BCUT2D eigenvalue weighted by molar-refractivity contribution is 6.51. The third kappa shape index (κ3) is 4.42. The van der Waals surface area contributed by atoms with Crippen LogP contribution < -0.4 is 14.5 Å². The van der Waals surface area contributed by atoms with Gasteiger partial charge in [-0.1, -0.05) is 12.1 Å². The van der Waals surface area contributed by atoms with Crippen LogP contribution in [0.1, 0.15) is 31.0 Å². The van der Waals surface area contributed by atoms with E-state index in [9.17, 15) is 23.5 Å². The molecule has 0 saturated carbocycles. The first-order chi connectivity index (χ1) is 17.3. The summed E-state index contributed by atoms with van der Waals surface area (Å²) in [6, 6.07) is 15.6. The number of amides is 1. The lowest BCUT2D eigenvalue weighted by Gasteiger charge is -2.27. The number of rotatable bonds is 7. The van der Waals surface area contributed by atoms with E-state index in [0.29, 0.717) is 16.9 Å². The molecule has 1 N–H and O–H groups in total. The Labute approximate surface area is 208 Å². The van der Waals surface area contributed by atoms with Gasteiger partial charge >= 0.3 is 0 Å². The van der Waals surface area contributed by atoms with Crippen LogP contribution in [0.15, 0.2) is 72.3 Å². The molecule has 0 spiro atoms. The van der Waals surface area contributed by atoms with Gasteiger partial charge in [0.1, 0.15) is 11.5 Å². The lowest BCUT2D eigenvalue weighted by molar-refractivity contribution is -0.132. The number of halogens is 2. The van der Waals surface area contributed by atoms with Gasteiger partial charge < -0.3 is 14.7 Å². The molecule has 0 bridgehead atoms. The smallest absolute Gasteiger partial charge is 0.300 e. The van der Waals surface area contributed by atoms with E-state index in [4.69, 9.17) is 4.74 Å². The van der Waals surface area contributed by atoms with Crippen LogP contribution in [0, 0.1) is 11.6 Å². The number of nitrogens with zero attached hydrogens (tertiary/aromatic N) is 2. The van der Waals surface area contributed by atoms with Crippen LogP contribution in [0.25, 0.3) is 5.76 Å². The molecule has 8 heteroatoms. The molecule has 1 unspecified atom stereocenters. The van der Waals surface area contributed by atoms with Crippen LogP contribution in [0.5, 0.6) is 5.75 Å². The van der Waals surface area contributed by atoms with E-state index in [-0.39, 0.29) is 17.0 Å². The molecule has 3 aromatic rings. The van der Waals surface area contributed by atoms with Crippen LogP contribution in [0.3, 0.4) is 0 Å². The summed E-state index contributed by atoms with van der Waals surface area (Å²) in [4.78, 5) is 29.6. The van der Waals surface area contributed by atoms with Crippen LogP contribution in [0.4, 0.5) is 20.2 Å². The molecule has 186 valence electrons. The van der Waals surface area contributed by atoms with Gasteiger partial charge in [0, 0.05) is 36.1 Å². The zero-order chi connectivity index (χ0) is 26.0. The molecule has 0 aromatic heterocycles. The highest BCUT2D eigenvalue weighted by Gasteiger charge is 2.47. The van der Waals surface area contributed by atoms with Crippen molar-refractivity contribution in [3.8, 4) is 5.75 Å². The first-order valence-corrected chi connectivity index (χ1v) is 11.6. The van der Waals surface area contributed by atoms with Crippen LogP contribution in [-0.2, 0) is 9.59 Å².